The Kier molecular flexibility index (Phi) is 5.68. The molecule has 0 spiro atoms. The maximum absolute atomic E-state index is 13.2. The van der Waals surface area contributed by atoms with Crippen LogP contribution in [0, 0.1) is 11.8 Å². The molecule has 0 aromatic carbocycles. The fourth-order valence-electron chi connectivity index (χ4n) is 5.41. The van der Waals surface area contributed by atoms with Crippen molar-refractivity contribution in [2.24, 2.45) is 11.8 Å². The zero-order valence-electron chi connectivity index (χ0n) is 17.6. The lowest BCUT2D eigenvalue weighted by Gasteiger charge is -2.33. The first kappa shape index (κ1) is 22.3. The van der Waals surface area contributed by atoms with Gasteiger partial charge in [-0.1, -0.05) is 0 Å². The number of anilines is 1. The summed E-state index contributed by atoms with van der Waals surface area (Å²) in [4.78, 5) is 6.20. The normalized spacial score (nSPS) is 27.7. The van der Waals surface area contributed by atoms with Gasteiger partial charge in [0.1, 0.15) is 6.54 Å². The molecule has 0 unspecified atom stereocenters. The van der Waals surface area contributed by atoms with Gasteiger partial charge in [0.15, 0.2) is 11.6 Å². The van der Waals surface area contributed by atoms with E-state index >= 15 is 0 Å². The highest BCUT2D eigenvalue weighted by Gasteiger charge is 2.58. The van der Waals surface area contributed by atoms with Crippen LogP contribution in [0.3, 0.4) is 0 Å². The van der Waals surface area contributed by atoms with E-state index in [4.69, 9.17) is 10.5 Å². The number of fused-ring (bicyclic) bond motifs is 1. The molecule has 1 saturated heterocycles. The number of pyridine rings is 1. The van der Waals surface area contributed by atoms with E-state index in [1.54, 1.807) is 6.07 Å². The predicted octanol–water partition coefficient (Wildman–Crippen LogP) is 3.52. The molecular weight excluding hydrogens is 449 g/mol. The summed E-state index contributed by atoms with van der Waals surface area (Å²) in [7, 11) is 0. The van der Waals surface area contributed by atoms with Gasteiger partial charge in [-0.3, -0.25) is 9.58 Å². The van der Waals surface area contributed by atoms with Crippen LogP contribution >= 0.6 is 0 Å². The van der Waals surface area contributed by atoms with Gasteiger partial charge in [-0.2, -0.15) is 5.10 Å². The molecule has 33 heavy (non-hydrogen) atoms. The van der Waals surface area contributed by atoms with Crippen molar-refractivity contribution in [2.45, 2.75) is 44.1 Å². The second-order valence-corrected chi connectivity index (χ2v) is 8.81. The van der Waals surface area contributed by atoms with E-state index in [9.17, 15) is 22.0 Å². The van der Waals surface area contributed by atoms with E-state index in [1.807, 2.05) is 0 Å². The first-order chi connectivity index (χ1) is 15.7. The zero-order chi connectivity index (χ0) is 23.3. The number of ether oxygens (including phenoxy) is 2. The predicted molar refractivity (Wildman–Crippen MR) is 108 cm³/mol. The molecule has 0 amide bonds. The minimum Gasteiger partial charge on any atom is -0.402 e. The van der Waals surface area contributed by atoms with Gasteiger partial charge in [-0.25, -0.2) is 13.8 Å². The zero-order valence-corrected chi connectivity index (χ0v) is 17.6. The molecule has 2 aliphatic carbocycles. The van der Waals surface area contributed by atoms with E-state index < -0.39 is 30.9 Å². The fraction of sp³-hybridized carbons (Fsp3) is 0.619. The lowest BCUT2D eigenvalue weighted by Crippen LogP contribution is -2.43. The molecule has 2 aromatic heterocycles. The molecule has 4 atom stereocenters. The van der Waals surface area contributed by atoms with Crippen molar-refractivity contribution < 1.29 is 31.4 Å². The summed E-state index contributed by atoms with van der Waals surface area (Å²) in [5, 5.41) is 4.28. The number of halogens is 5. The maximum atomic E-state index is 13.2. The number of rotatable bonds is 6. The standard InChI is InChI=1S/C21H24F5N5O2/c22-18(23)10-31-16(19-13-6-12(7-14(13)19)30-1-3-32-4-2-30)8-15(29-31)11-5-17(20(27)28-9-11)33-21(24,25)26/h5,8-9,12-14,18-19H,1-4,6-7,10H2,(H2,27,28)/t12-,13-,14+,19+. The van der Waals surface area contributed by atoms with Gasteiger partial charge in [0.25, 0.3) is 6.43 Å². The van der Waals surface area contributed by atoms with Crippen molar-refractivity contribution in [3.63, 3.8) is 0 Å². The second-order valence-electron chi connectivity index (χ2n) is 8.81. The van der Waals surface area contributed by atoms with E-state index in [1.165, 1.54) is 10.9 Å². The highest BCUT2D eigenvalue weighted by Crippen LogP contribution is 2.64. The van der Waals surface area contributed by atoms with Crippen LogP contribution in [-0.2, 0) is 11.3 Å². The van der Waals surface area contributed by atoms with E-state index in [-0.39, 0.29) is 17.2 Å². The number of nitrogens with zero attached hydrogens (tertiary/aromatic N) is 4. The Labute approximate surface area is 186 Å². The van der Waals surface area contributed by atoms with Crippen LogP contribution in [0.2, 0.25) is 0 Å². The van der Waals surface area contributed by atoms with Crippen LogP contribution in [0.4, 0.5) is 27.8 Å². The molecule has 7 nitrogen and oxygen atoms in total. The molecule has 2 saturated carbocycles. The number of aromatic nitrogens is 3. The number of morpholine rings is 1. The maximum Gasteiger partial charge on any atom is 0.573 e. The number of hydrogen-bond donors (Lipinski definition) is 1. The summed E-state index contributed by atoms with van der Waals surface area (Å²) < 4.78 is 75.1. The van der Waals surface area contributed by atoms with Gasteiger partial charge in [0, 0.05) is 42.5 Å². The van der Waals surface area contributed by atoms with Crippen LogP contribution in [0.1, 0.15) is 24.5 Å². The summed E-state index contributed by atoms with van der Waals surface area (Å²) in [5.74, 6) is -0.161. The minimum atomic E-state index is -4.93. The van der Waals surface area contributed by atoms with Gasteiger partial charge < -0.3 is 15.2 Å². The molecular formula is C21H24F5N5O2. The Balaban J connectivity index is 1.37. The third-order valence-electron chi connectivity index (χ3n) is 6.85. The summed E-state index contributed by atoms with van der Waals surface area (Å²) in [6.45, 7) is 2.71. The van der Waals surface area contributed by atoms with Crippen molar-refractivity contribution in [3.05, 3.63) is 24.0 Å². The SMILES string of the molecule is Nc1ncc(-c2cc([C@H]3[C@@H]4C[C@@H](N5CCOCC5)C[C@@H]43)n(CC(F)F)n2)cc1OC(F)(F)F. The first-order valence-electron chi connectivity index (χ1n) is 10.9. The average molecular weight is 473 g/mol. The Hall–Kier alpha value is -2.47. The summed E-state index contributed by atoms with van der Waals surface area (Å²) in [6.07, 6.45) is -4.28. The van der Waals surface area contributed by atoms with Crippen LogP contribution in [-0.4, -0.2) is 64.8 Å². The lowest BCUT2D eigenvalue weighted by atomic mass is 10.0. The van der Waals surface area contributed by atoms with Crippen LogP contribution in [0.5, 0.6) is 5.75 Å². The van der Waals surface area contributed by atoms with E-state index in [0.29, 0.717) is 23.6 Å². The number of hydrogen-bond acceptors (Lipinski definition) is 6. The third kappa shape index (κ3) is 4.63. The molecule has 5 rings (SSSR count). The molecule has 3 fully saturated rings. The van der Waals surface area contributed by atoms with E-state index in [0.717, 1.165) is 45.2 Å². The molecule has 3 aliphatic rings. The van der Waals surface area contributed by atoms with Gasteiger partial charge in [0.2, 0.25) is 0 Å². The first-order valence-corrected chi connectivity index (χ1v) is 10.9. The smallest absolute Gasteiger partial charge is 0.402 e. The summed E-state index contributed by atoms with van der Waals surface area (Å²) in [5.41, 5.74) is 6.67. The Morgan fingerprint density at radius 2 is 1.85 bits per heavy atom. The highest BCUT2D eigenvalue weighted by atomic mass is 19.4. The van der Waals surface area contributed by atoms with Crippen molar-refractivity contribution in [1.82, 2.24) is 19.7 Å². The molecule has 0 bridgehead atoms. The minimum absolute atomic E-state index is 0.120. The number of alkyl halides is 5. The lowest BCUT2D eigenvalue weighted by molar-refractivity contribution is -0.274. The van der Waals surface area contributed by atoms with Crippen LogP contribution in [0.15, 0.2) is 18.3 Å². The molecule has 2 N–H and O–H groups in total. The quantitative estimate of drug-likeness (QED) is 0.647. The van der Waals surface area contributed by atoms with Crippen molar-refractivity contribution in [3.8, 4) is 17.0 Å². The molecule has 0 radical (unpaired) electrons. The third-order valence-corrected chi connectivity index (χ3v) is 6.85. The Bertz CT molecular complexity index is 995. The largest absolute Gasteiger partial charge is 0.573 e. The molecule has 3 heterocycles. The monoisotopic (exact) mass is 473 g/mol. The Morgan fingerprint density at radius 1 is 1.15 bits per heavy atom. The number of nitrogen functional groups attached to an aromatic ring is 1. The summed E-state index contributed by atoms with van der Waals surface area (Å²) in [6, 6.07) is 3.24. The molecule has 2 aromatic rings. The Morgan fingerprint density at radius 3 is 2.48 bits per heavy atom. The molecule has 1 aliphatic heterocycles. The van der Waals surface area contributed by atoms with E-state index in [2.05, 4.69) is 19.7 Å². The van der Waals surface area contributed by atoms with Gasteiger partial charge in [-0.15, -0.1) is 13.2 Å². The van der Waals surface area contributed by atoms with Crippen molar-refractivity contribution >= 4 is 5.82 Å². The molecule has 12 heteroatoms. The van der Waals surface area contributed by atoms with Crippen molar-refractivity contribution in [2.75, 3.05) is 32.0 Å². The average Bonchev–Trinajstić information content (AvgIpc) is 3.09. The fourth-order valence-corrected chi connectivity index (χ4v) is 5.41. The topological polar surface area (TPSA) is 78.4 Å². The van der Waals surface area contributed by atoms with Gasteiger partial charge in [-0.05, 0) is 36.8 Å². The van der Waals surface area contributed by atoms with Crippen molar-refractivity contribution in [1.29, 1.82) is 0 Å². The number of nitrogens with two attached hydrogens (primary N) is 1. The highest BCUT2D eigenvalue weighted by molar-refractivity contribution is 5.64. The van der Waals surface area contributed by atoms with Gasteiger partial charge in [0.05, 0.1) is 18.9 Å². The van der Waals surface area contributed by atoms with Gasteiger partial charge >= 0.3 is 6.36 Å². The second kappa shape index (κ2) is 8.39. The van der Waals surface area contributed by atoms with Crippen LogP contribution < -0.4 is 10.5 Å². The summed E-state index contributed by atoms with van der Waals surface area (Å²) >= 11 is 0. The van der Waals surface area contributed by atoms with Crippen LogP contribution in [0.25, 0.3) is 11.3 Å². The molecule has 180 valence electrons.